The van der Waals surface area contributed by atoms with Crippen molar-refractivity contribution < 1.29 is 22.8 Å². The van der Waals surface area contributed by atoms with Gasteiger partial charge in [-0.05, 0) is 61.5 Å². The molecule has 1 aliphatic carbocycles. The third-order valence-electron chi connectivity index (χ3n) is 7.43. The van der Waals surface area contributed by atoms with E-state index in [-0.39, 0.29) is 49.5 Å². The Hall–Kier alpha value is -2.36. The Morgan fingerprint density at radius 1 is 1.14 bits per heavy atom. The van der Waals surface area contributed by atoms with Gasteiger partial charge in [0, 0.05) is 24.2 Å². The molecule has 0 saturated carbocycles. The molecule has 2 aliphatic rings. The number of carbonyl (C=O) groups is 2. The van der Waals surface area contributed by atoms with Gasteiger partial charge in [-0.2, -0.15) is 13.2 Å². The Morgan fingerprint density at radius 3 is 2.46 bits per heavy atom. The van der Waals surface area contributed by atoms with Crippen LogP contribution in [0.1, 0.15) is 66.5 Å². The molecule has 0 radical (unpaired) electrons. The molecule has 6 nitrogen and oxygen atoms in total. The van der Waals surface area contributed by atoms with Crippen LogP contribution in [0.3, 0.4) is 0 Å². The Labute approximate surface area is 207 Å². The standard InChI is InChI=1S/C25H33F3N4O2S/c1-15-18-6-5-17(24(2,3)4)11-20(18)35-22(15)30-21(33)13-31-12-19(29-14-31)23(34)32-9-7-16(8-10-32)25(26,27)28/h12,14,16-17H,5-11,13H2,1-4H3,(H,30,33). The molecule has 0 bridgehead atoms. The zero-order valence-electron chi connectivity index (χ0n) is 20.7. The van der Waals surface area contributed by atoms with Crippen LogP contribution in [0.15, 0.2) is 12.5 Å². The van der Waals surface area contributed by atoms with Crippen molar-refractivity contribution in [3.05, 3.63) is 34.2 Å². The molecule has 1 fully saturated rings. The maximum Gasteiger partial charge on any atom is 0.391 e. The van der Waals surface area contributed by atoms with Gasteiger partial charge >= 0.3 is 6.18 Å². The first-order valence-corrected chi connectivity index (χ1v) is 12.9. The third kappa shape index (κ3) is 5.73. The number of fused-ring (bicyclic) bond motifs is 1. The molecule has 0 spiro atoms. The van der Waals surface area contributed by atoms with Crippen molar-refractivity contribution in [3.8, 4) is 0 Å². The Bertz CT molecular complexity index is 1090. The zero-order valence-corrected chi connectivity index (χ0v) is 21.5. The highest BCUT2D eigenvalue weighted by Crippen LogP contribution is 2.44. The van der Waals surface area contributed by atoms with E-state index in [1.54, 1.807) is 11.3 Å². The van der Waals surface area contributed by atoms with Crippen molar-refractivity contribution in [1.29, 1.82) is 0 Å². The normalized spacial score (nSPS) is 19.5. The molecule has 1 saturated heterocycles. The molecule has 35 heavy (non-hydrogen) atoms. The van der Waals surface area contributed by atoms with Crippen LogP contribution in [-0.2, 0) is 24.2 Å². The van der Waals surface area contributed by atoms with E-state index in [9.17, 15) is 22.8 Å². The number of piperidine rings is 1. The second-order valence-corrected chi connectivity index (χ2v) is 12.0. The Kier molecular flexibility index (Phi) is 7.05. The molecule has 10 heteroatoms. The first kappa shape index (κ1) is 25.7. The fourth-order valence-electron chi connectivity index (χ4n) is 5.06. The van der Waals surface area contributed by atoms with E-state index in [1.165, 1.54) is 32.4 Å². The molecule has 0 aromatic carbocycles. The SMILES string of the molecule is Cc1c(NC(=O)Cn2cnc(C(=O)N3CCC(C(F)(F)F)CC3)c2)sc2c1CCC(C(C)(C)C)C2. The quantitative estimate of drug-likeness (QED) is 0.594. The largest absolute Gasteiger partial charge is 0.391 e. The summed E-state index contributed by atoms with van der Waals surface area (Å²) in [4.78, 5) is 32.2. The highest BCUT2D eigenvalue weighted by atomic mass is 32.1. The van der Waals surface area contributed by atoms with Crippen LogP contribution in [0, 0.1) is 24.2 Å². The van der Waals surface area contributed by atoms with E-state index in [4.69, 9.17) is 0 Å². The minimum Gasteiger partial charge on any atom is -0.337 e. The number of amides is 2. The fraction of sp³-hybridized carbons (Fsp3) is 0.640. The van der Waals surface area contributed by atoms with E-state index in [2.05, 4.69) is 38.0 Å². The van der Waals surface area contributed by atoms with E-state index in [0.717, 1.165) is 29.8 Å². The minimum absolute atomic E-state index is 0.00303. The van der Waals surface area contributed by atoms with Crippen LogP contribution in [0.4, 0.5) is 18.2 Å². The molecule has 192 valence electrons. The second kappa shape index (κ2) is 9.59. The number of hydrogen-bond donors (Lipinski definition) is 1. The smallest absolute Gasteiger partial charge is 0.337 e. The molecule has 3 heterocycles. The monoisotopic (exact) mass is 510 g/mol. The fourth-order valence-corrected chi connectivity index (χ4v) is 6.41. The molecular formula is C25H33F3N4O2S. The number of aromatic nitrogens is 2. The van der Waals surface area contributed by atoms with E-state index in [0.29, 0.717) is 5.92 Å². The molecule has 2 aromatic heterocycles. The van der Waals surface area contributed by atoms with Gasteiger partial charge in [-0.25, -0.2) is 4.98 Å². The highest BCUT2D eigenvalue weighted by molar-refractivity contribution is 7.16. The summed E-state index contributed by atoms with van der Waals surface area (Å²) in [6, 6.07) is 0. The summed E-state index contributed by atoms with van der Waals surface area (Å²) in [5, 5.41) is 3.89. The van der Waals surface area contributed by atoms with E-state index in [1.807, 2.05) is 0 Å². The first-order chi connectivity index (χ1) is 16.3. The maximum atomic E-state index is 12.9. The van der Waals surface area contributed by atoms with Gasteiger partial charge in [0.1, 0.15) is 12.2 Å². The van der Waals surface area contributed by atoms with Gasteiger partial charge < -0.3 is 14.8 Å². The molecule has 1 unspecified atom stereocenters. The number of thiophene rings is 1. The Morgan fingerprint density at radius 2 is 1.83 bits per heavy atom. The van der Waals surface area contributed by atoms with Gasteiger partial charge in [0.2, 0.25) is 5.91 Å². The van der Waals surface area contributed by atoms with Crippen molar-refractivity contribution >= 4 is 28.2 Å². The van der Waals surface area contributed by atoms with Gasteiger partial charge in [0.15, 0.2) is 0 Å². The van der Waals surface area contributed by atoms with E-state index >= 15 is 0 Å². The lowest BCUT2D eigenvalue weighted by Gasteiger charge is -2.33. The lowest BCUT2D eigenvalue weighted by Crippen LogP contribution is -2.42. The summed E-state index contributed by atoms with van der Waals surface area (Å²) < 4.78 is 40.2. The van der Waals surface area contributed by atoms with Crippen LogP contribution in [0.5, 0.6) is 0 Å². The molecule has 2 aromatic rings. The topological polar surface area (TPSA) is 67.2 Å². The average molecular weight is 511 g/mol. The number of imidazole rings is 1. The summed E-state index contributed by atoms with van der Waals surface area (Å²) in [7, 11) is 0. The van der Waals surface area contributed by atoms with E-state index < -0.39 is 18.0 Å². The number of rotatable bonds is 4. The van der Waals surface area contributed by atoms with Crippen LogP contribution in [0.2, 0.25) is 0 Å². The van der Waals surface area contributed by atoms with Crippen LogP contribution >= 0.6 is 11.3 Å². The number of alkyl halides is 3. The zero-order chi connectivity index (χ0) is 25.5. The lowest BCUT2D eigenvalue weighted by molar-refractivity contribution is -0.183. The minimum atomic E-state index is -4.22. The third-order valence-corrected chi connectivity index (χ3v) is 8.70. The molecule has 1 atom stereocenters. The Balaban J connectivity index is 1.34. The predicted molar refractivity (Wildman–Crippen MR) is 130 cm³/mol. The van der Waals surface area contributed by atoms with Gasteiger partial charge in [-0.3, -0.25) is 9.59 Å². The van der Waals surface area contributed by atoms with Gasteiger partial charge in [-0.1, -0.05) is 20.8 Å². The predicted octanol–water partition coefficient (Wildman–Crippen LogP) is 5.46. The number of nitrogens with zero attached hydrogens (tertiary/aromatic N) is 3. The molecule has 4 rings (SSSR count). The van der Waals surface area contributed by atoms with Crippen molar-refractivity contribution in [3.63, 3.8) is 0 Å². The van der Waals surface area contributed by atoms with Crippen molar-refractivity contribution in [2.75, 3.05) is 18.4 Å². The lowest BCUT2D eigenvalue weighted by atomic mass is 9.72. The molecule has 1 N–H and O–H groups in total. The molecular weight excluding hydrogens is 477 g/mol. The summed E-state index contributed by atoms with van der Waals surface area (Å²) in [6.45, 7) is 8.99. The average Bonchev–Trinajstić information content (AvgIpc) is 3.36. The van der Waals surface area contributed by atoms with Crippen LogP contribution in [0.25, 0.3) is 0 Å². The van der Waals surface area contributed by atoms with Gasteiger partial charge in [-0.15, -0.1) is 11.3 Å². The number of carbonyl (C=O) groups excluding carboxylic acids is 2. The number of anilines is 1. The molecule has 2 amide bonds. The summed E-state index contributed by atoms with van der Waals surface area (Å²) >= 11 is 1.65. The van der Waals surface area contributed by atoms with Crippen molar-refractivity contribution in [2.24, 2.45) is 17.3 Å². The van der Waals surface area contributed by atoms with Gasteiger partial charge in [0.05, 0.1) is 17.2 Å². The number of halogens is 3. The van der Waals surface area contributed by atoms with Crippen molar-refractivity contribution in [1.82, 2.24) is 14.5 Å². The van der Waals surface area contributed by atoms with Crippen LogP contribution < -0.4 is 5.32 Å². The number of likely N-dealkylation sites (tertiary alicyclic amines) is 1. The van der Waals surface area contributed by atoms with Gasteiger partial charge in [0.25, 0.3) is 5.91 Å². The second-order valence-electron chi connectivity index (χ2n) is 10.9. The van der Waals surface area contributed by atoms with Crippen LogP contribution in [-0.4, -0.2) is 45.5 Å². The summed E-state index contributed by atoms with van der Waals surface area (Å²) in [5.41, 5.74) is 2.88. The number of hydrogen-bond acceptors (Lipinski definition) is 4. The first-order valence-electron chi connectivity index (χ1n) is 12.1. The summed E-state index contributed by atoms with van der Waals surface area (Å²) in [5.74, 6) is -1.35. The van der Waals surface area contributed by atoms with Crippen molar-refractivity contribution in [2.45, 2.75) is 72.5 Å². The highest BCUT2D eigenvalue weighted by Gasteiger charge is 2.42. The number of nitrogens with one attached hydrogen (secondary N) is 1. The molecule has 1 aliphatic heterocycles. The maximum absolute atomic E-state index is 12.9. The summed E-state index contributed by atoms with van der Waals surface area (Å²) in [6.07, 6.45) is 1.70.